The zero-order valence-electron chi connectivity index (χ0n) is 32.3. The lowest BCUT2D eigenvalue weighted by molar-refractivity contribution is 1.27. The van der Waals surface area contributed by atoms with Gasteiger partial charge in [-0.1, -0.05) is 71.6 Å². The van der Waals surface area contributed by atoms with Crippen LogP contribution in [0.4, 0.5) is 34.1 Å². The minimum atomic E-state index is -0.569. The molecule has 0 radical (unpaired) electrons. The van der Waals surface area contributed by atoms with Crippen LogP contribution in [0.2, 0.25) is 0 Å². The molecule has 62 heavy (non-hydrogen) atoms. The van der Waals surface area contributed by atoms with E-state index in [1.807, 2.05) is 94.7 Å². The Hall–Kier alpha value is -9.81. The zero-order valence-corrected chi connectivity index (χ0v) is 32.3. The number of anilines is 6. The molecule has 10 nitrogen and oxygen atoms in total. The topological polar surface area (TPSA) is 197 Å². The molecule has 278 valence electrons. The lowest BCUT2D eigenvalue weighted by Gasteiger charge is -2.38. The number of para-hydroxylation sites is 2. The summed E-state index contributed by atoms with van der Waals surface area (Å²) < 4.78 is 0. The van der Waals surface area contributed by atoms with E-state index in [0.717, 1.165) is 22.3 Å². The number of nitriles is 8. The summed E-state index contributed by atoms with van der Waals surface area (Å²) >= 11 is 0. The highest BCUT2D eigenvalue weighted by Gasteiger charge is 2.40. The molecule has 0 aliphatic carbocycles. The summed E-state index contributed by atoms with van der Waals surface area (Å²) in [6.07, 6.45) is 0. The Kier molecular flexibility index (Phi) is 9.24. The summed E-state index contributed by atoms with van der Waals surface area (Å²) in [6, 6.07) is 57.7. The van der Waals surface area contributed by atoms with E-state index in [2.05, 4.69) is 48.6 Å². The van der Waals surface area contributed by atoms with Crippen molar-refractivity contribution in [3.63, 3.8) is 0 Å². The Balaban J connectivity index is 1.29. The van der Waals surface area contributed by atoms with Crippen molar-refractivity contribution in [1.29, 1.82) is 42.1 Å². The number of rotatable bonds is 4. The van der Waals surface area contributed by atoms with Crippen LogP contribution in [0.3, 0.4) is 0 Å². The number of hydrogen-bond acceptors (Lipinski definition) is 10. The fourth-order valence-corrected chi connectivity index (χ4v) is 8.76. The summed E-state index contributed by atoms with van der Waals surface area (Å²) in [5.74, 6) is 0. The predicted molar refractivity (Wildman–Crippen MR) is 236 cm³/mol. The summed E-state index contributed by atoms with van der Waals surface area (Å²) in [6.45, 7) is -1.14. The maximum atomic E-state index is 10.2. The molecule has 0 aromatic heterocycles. The number of benzene rings is 7. The molecule has 0 unspecified atom stereocenters. The molecule has 2 aliphatic heterocycles. The molecule has 0 bridgehead atoms. The molecule has 0 spiro atoms. The second-order valence-electron chi connectivity index (χ2n) is 14.6. The monoisotopic (exact) mass is 784 g/mol. The molecule has 12 heteroatoms. The Morgan fingerprint density at radius 2 is 0.516 bits per heavy atom. The van der Waals surface area contributed by atoms with Gasteiger partial charge < -0.3 is 9.80 Å². The smallest absolute Gasteiger partial charge is 0.246 e. The lowest BCUT2D eigenvalue weighted by atomic mass is 9.33. The van der Waals surface area contributed by atoms with Crippen LogP contribution < -0.4 is 42.6 Å². The van der Waals surface area contributed by atoms with E-state index in [1.165, 1.54) is 0 Å². The first kappa shape index (κ1) is 37.7. The molecule has 0 atom stereocenters. The fourth-order valence-electron chi connectivity index (χ4n) is 8.76. The van der Waals surface area contributed by atoms with Crippen LogP contribution >= 0.6 is 0 Å². The number of hydrogen-bond donors (Lipinski definition) is 0. The van der Waals surface area contributed by atoms with E-state index in [9.17, 15) is 42.1 Å². The minimum absolute atomic E-state index is 0.186. The van der Waals surface area contributed by atoms with Crippen LogP contribution in [0, 0.1) is 90.6 Å². The normalized spacial score (nSPS) is 11.6. The average molecular weight is 784 g/mol. The van der Waals surface area contributed by atoms with Crippen molar-refractivity contribution in [2.24, 2.45) is 0 Å². The van der Waals surface area contributed by atoms with Crippen molar-refractivity contribution in [2.45, 2.75) is 0 Å². The second-order valence-corrected chi connectivity index (χ2v) is 14.6. The van der Waals surface area contributed by atoms with Gasteiger partial charge in [0.15, 0.2) is 0 Å². The fraction of sp³-hybridized carbons (Fsp3) is 0. The highest BCUT2D eigenvalue weighted by Crippen LogP contribution is 2.39. The molecule has 7 aromatic rings. The molecule has 0 N–H and O–H groups in total. The molecule has 0 amide bonds. The van der Waals surface area contributed by atoms with E-state index in [4.69, 9.17) is 0 Å². The van der Waals surface area contributed by atoms with Gasteiger partial charge in [0.2, 0.25) is 13.4 Å². The molecule has 2 heterocycles. The number of nitrogens with zero attached hydrogens (tertiary/aromatic N) is 10. The van der Waals surface area contributed by atoms with Gasteiger partial charge in [-0.25, -0.2) is 0 Å². The number of fused-ring (bicyclic) bond motifs is 4. The highest BCUT2D eigenvalue weighted by atomic mass is 15.2. The first-order valence-electron chi connectivity index (χ1n) is 19.1. The van der Waals surface area contributed by atoms with E-state index >= 15 is 0 Å². The van der Waals surface area contributed by atoms with Gasteiger partial charge in [-0.2, -0.15) is 42.1 Å². The second kappa shape index (κ2) is 15.2. The zero-order chi connectivity index (χ0) is 43.1. The largest absolute Gasteiger partial charge is 0.311 e. The first-order valence-corrected chi connectivity index (χ1v) is 19.1. The van der Waals surface area contributed by atoms with Gasteiger partial charge >= 0.3 is 0 Å². The molecule has 9 rings (SSSR count). The molecule has 2 aliphatic rings. The third-order valence-corrected chi connectivity index (χ3v) is 11.5. The molecular formula is C50H22B2N10. The van der Waals surface area contributed by atoms with E-state index in [-0.39, 0.29) is 44.5 Å². The van der Waals surface area contributed by atoms with E-state index in [1.54, 1.807) is 48.5 Å². The van der Waals surface area contributed by atoms with Gasteiger partial charge in [-0.3, -0.25) is 0 Å². The van der Waals surface area contributed by atoms with Crippen molar-refractivity contribution in [1.82, 2.24) is 0 Å². The van der Waals surface area contributed by atoms with Gasteiger partial charge in [-0.15, -0.1) is 0 Å². The highest BCUT2D eigenvalue weighted by molar-refractivity contribution is 6.99. The Labute approximate surface area is 357 Å². The Bertz CT molecular complexity index is 3020. The van der Waals surface area contributed by atoms with Gasteiger partial charge in [0.25, 0.3) is 0 Å². The van der Waals surface area contributed by atoms with Crippen LogP contribution in [0.5, 0.6) is 0 Å². The summed E-state index contributed by atoms with van der Waals surface area (Å²) in [7, 11) is 0. The third kappa shape index (κ3) is 5.84. The van der Waals surface area contributed by atoms with Crippen molar-refractivity contribution in [2.75, 3.05) is 9.80 Å². The minimum Gasteiger partial charge on any atom is -0.311 e. The molecule has 0 fully saturated rings. The van der Waals surface area contributed by atoms with Crippen LogP contribution in [0.1, 0.15) is 44.5 Å². The Morgan fingerprint density at radius 1 is 0.290 bits per heavy atom. The molecule has 0 saturated heterocycles. The van der Waals surface area contributed by atoms with Crippen LogP contribution in [-0.2, 0) is 0 Å². The maximum absolute atomic E-state index is 10.2. The van der Waals surface area contributed by atoms with Gasteiger partial charge in [0, 0.05) is 34.1 Å². The quantitative estimate of drug-likeness (QED) is 0.212. The van der Waals surface area contributed by atoms with Crippen LogP contribution in [0.25, 0.3) is 0 Å². The van der Waals surface area contributed by atoms with E-state index < -0.39 is 13.4 Å². The average Bonchev–Trinajstić information content (AvgIpc) is 3.33. The van der Waals surface area contributed by atoms with Gasteiger partial charge in [0.1, 0.15) is 48.6 Å². The van der Waals surface area contributed by atoms with Crippen molar-refractivity contribution in [3.8, 4) is 48.6 Å². The standard InChI is InChI=1S/C50H22B2N10/c53-23-31-15-43-47(19-35(31)27-57)61(41-7-3-1-4-8-41)48-20-36(28-58)32(24-54)16-44(48)51(43)39-11-13-40(14-12-39)52-45-17-33(25-55)37(29-59)21-49(45)62(42-9-5-2-6-10-42)50-22-38(30-60)34(26-56)18-46(50)52/h1-22H. The molecule has 7 aromatic carbocycles. The van der Waals surface area contributed by atoms with Gasteiger partial charge in [-0.05, 0) is 94.6 Å². The lowest BCUT2D eigenvalue weighted by Crippen LogP contribution is -2.59. The predicted octanol–water partition coefficient (Wildman–Crippen LogP) is 5.26. The van der Waals surface area contributed by atoms with Crippen LogP contribution in [0.15, 0.2) is 133 Å². The summed E-state index contributed by atoms with van der Waals surface area (Å²) in [4.78, 5) is 3.89. The van der Waals surface area contributed by atoms with Crippen molar-refractivity contribution < 1.29 is 0 Å². The van der Waals surface area contributed by atoms with E-state index in [0.29, 0.717) is 44.6 Å². The first-order chi connectivity index (χ1) is 30.4. The maximum Gasteiger partial charge on any atom is 0.246 e. The molecular weight excluding hydrogens is 762 g/mol. The SMILES string of the molecule is N#Cc1cc2c(cc1C#N)N(c1ccccc1)c1cc(C#N)c(C#N)cc1B2c1ccc(B2c3cc(C#N)c(C#N)cc3N(c3ccccc3)c3cc(C#N)c(C#N)cc32)cc1. The molecule has 0 saturated carbocycles. The van der Waals surface area contributed by atoms with Gasteiger partial charge in [0.05, 0.1) is 44.5 Å². The van der Waals surface area contributed by atoms with Crippen molar-refractivity contribution in [3.05, 3.63) is 178 Å². The summed E-state index contributed by atoms with van der Waals surface area (Å²) in [5.41, 5.74) is 9.89. The third-order valence-electron chi connectivity index (χ3n) is 11.5. The van der Waals surface area contributed by atoms with Crippen molar-refractivity contribution >= 4 is 80.3 Å². The Morgan fingerprint density at radius 3 is 0.742 bits per heavy atom. The van der Waals surface area contributed by atoms with Crippen LogP contribution in [-0.4, -0.2) is 13.4 Å². The summed E-state index contributed by atoms with van der Waals surface area (Å²) in [5, 5.41) is 81.6.